The first-order chi connectivity index (χ1) is 9.35. The van der Waals surface area contributed by atoms with Gasteiger partial charge in [-0.15, -0.1) is 0 Å². The summed E-state index contributed by atoms with van der Waals surface area (Å²) in [4.78, 5) is 6.34. The highest BCUT2D eigenvalue weighted by molar-refractivity contribution is 7.89. The molecular weight excluding hydrogens is 276 g/mol. The highest BCUT2D eigenvalue weighted by Gasteiger charge is 2.17. The molecule has 1 heterocycles. The summed E-state index contributed by atoms with van der Waals surface area (Å²) in [5.41, 5.74) is 0. The highest BCUT2D eigenvalue weighted by atomic mass is 32.2. The fraction of sp³-hybridized carbons (Fsp3) is 0.615. The van der Waals surface area contributed by atoms with Crippen molar-refractivity contribution in [3.63, 3.8) is 0 Å². The van der Waals surface area contributed by atoms with Crippen LogP contribution in [0.3, 0.4) is 0 Å². The largest absolute Gasteiger partial charge is 0.370 e. The summed E-state index contributed by atoms with van der Waals surface area (Å²) in [5.74, 6) is 0.566. The molecule has 1 unspecified atom stereocenters. The van der Waals surface area contributed by atoms with E-state index in [-0.39, 0.29) is 10.9 Å². The van der Waals surface area contributed by atoms with Crippen molar-refractivity contribution in [1.29, 1.82) is 0 Å². The quantitative estimate of drug-likeness (QED) is 0.753. The molecule has 0 saturated carbocycles. The van der Waals surface area contributed by atoms with E-state index in [4.69, 9.17) is 0 Å². The SMILES string of the molecule is CCNc1cc(S(=O)(=O)NC(C)CCN(C)C)ccn1. The Morgan fingerprint density at radius 1 is 1.40 bits per heavy atom. The lowest BCUT2D eigenvalue weighted by atomic mass is 10.2. The molecule has 0 bridgehead atoms. The van der Waals surface area contributed by atoms with E-state index in [1.807, 2.05) is 32.8 Å². The summed E-state index contributed by atoms with van der Waals surface area (Å²) in [6, 6.07) is 2.94. The normalized spacial score (nSPS) is 13.4. The van der Waals surface area contributed by atoms with E-state index >= 15 is 0 Å². The number of pyridine rings is 1. The monoisotopic (exact) mass is 300 g/mol. The molecule has 0 aromatic carbocycles. The minimum Gasteiger partial charge on any atom is -0.370 e. The summed E-state index contributed by atoms with van der Waals surface area (Å²) < 4.78 is 27.2. The second-order valence-corrected chi connectivity index (χ2v) is 6.74. The van der Waals surface area contributed by atoms with E-state index in [0.29, 0.717) is 12.4 Å². The number of aromatic nitrogens is 1. The molecule has 0 fully saturated rings. The molecule has 20 heavy (non-hydrogen) atoms. The van der Waals surface area contributed by atoms with Gasteiger partial charge in [-0.25, -0.2) is 18.1 Å². The molecule has 0 amide bonds. The molecule has 0 aliphatic rings. The second-order valence-electron chi connectivity index (χ2n) is 5.02. The lowest BCUT2D eigenvalue weighted by molar-refractivity contribution is 0.379. The van der Waals surface area contributed by atoms with Gasteiger partial charge in [0.2, 0.25) is 10.0 Å². The number of hydrogen-bond acceptors (Lipinski definition) is 5. The molecule has 1 aromatic heterocycles. The van der Waals surface area contributed by atoms with Crippen LogP contribution in [0.4, 0.5) is 5.82 Å². The van der Waals surface area contributed by atoms with Gasteiger partial charge in [0, 0.05) is 24.8 Å². The van der Waals surface area contributed by atoms with Crippen LogP contribution in [-0.4, -0.2) is 51.5 Å². The number of sulfonamides is 1. The molecule has 0 aliphatic carbocycles. The maximum absolute atomic E-state index is 12.3. The van der Waals surface area contributed by atoms with Gasteiger partial charge in [0.1, 0.15) is 5.82 Å². The third kappa shape index (κ3) is 5.44. The summed E-state index contributed by atoms with van der Waals surface area (Å²) in [7, 11) is 0.433. The molecule has 1 atom stereocenters. The van der Waals surface area contributed by atoms with Gasteiger partial charge < -0.3 is 10.2 Å². The fourth-order valence-corrected chi connectivity index (χ4v) is 2.99. The molecule has 114 valence electrons. The Morgan fingerprint density at radius 2 is 2.10 bits per heavy atom. The Morgan fingerprint density at radius 3 is 2.70 bits per heavy atom. The number of nitrogens with zero attached hydrogens (tertiary/aromatic N) is 2. The van der Waals surface area contributed by atoms with Gasteiger partial charge in [-0.05, 0) is 47.0 Å². The third-order valence-corrected chi connectivity index (χ3v) is 4.35. The molecule has 0 aliphatic heterocycles. The van der Waals surface area contributed by atoms with E-state index in [0.717, 1.165) is 13.0 Å². The molecule has 6 nitrogen and oxygen atoms in total. The van der Waals surface area contributed by atoms with Crippen molar-refractivity contribution < 1.29 is 8.42 Å². The molecule has 0 spiro atoms. The van der Waals surface area contributed by atoms with Crippen LogP contribution in [0.5, 0.6) is 0 Å². The number of rotatable bonds is 8. The van der Waals surface area contributed by atoms with Crippen molar-refractivity contribution >= 4 is 15.8 Å². The van der Waals surface area contributed by atoms with Gasteiger partial charge in [-0.2, -0.15) is 0 Å². The Balaban J connectivity index is 2.75. The summed E-state index contributed by atoms with van der Waals surface area (Å²) in [6.45, 7) is 5.34. The van der Waals surface area contributed by atoms with Crippen LogP contribution in [-0.2, 0) is 10.0 Å². The van der Waals surface area contributed by atoms with Crippen LogP contribution >= 0.6 is 0 Å². The lowest BCUT2D eigenvalue weighted by Gasteiger charge is -2.17. The first kappa shape index (κ1) is 16.9. The fourth-order valence-electron chi connectivity index (χ4n) is 1.70. The molecule has 1 rings (SSSR count). The van der Waals surface area contributed by atoms with Crippen molar-refractivity contribution in [2.75, 3.05) is 32.5 Å². The van der Waals surface area contributed by atoms with Crippen molar-refractivity contribution in [2.24, 2.45) is 0 Å². The van der Waals surface area contributed by atoms with Crippen LogP contribution < -0.4 is 10.0 Å². The zero-order valence-corrected chi connectivity index (χ0v) is 13.4. The molecule has 0 radical (unpaired) electrons. The van der Waals surface area contributed by atoms with E-state index in [1.165, 1.54) is 12.3 Å². The zero-order chi connectivity index (χ0) is 15.2. The predicted octanol–water partition coefficient (Wildman–Crippen LogP) is 1.13. The minimum atomic E-state index is -3.50. The standard InChI is InChI=1S/C13H24N4O2S/c1-5-14-13-10-12(6-8-15-13)20(18,19)16-11(2)7-9-17(3)4/h6,8,10-11,16H,5,7,9H2,1-4H3,(H,14,15). The summed E-state index contributed by atoms with van der Waals surface area (Å²) in [5, 5.41) is 3.00. The Hall–Kier alpha value is -1.18. The Bertz CT molecular complexity index is 517. The maximum Gasteiger partial charge on any atom is 0.240 e. The topological polar surface area (TPSA) is 74.3 Å². The van der Waals surface area contributed by atoms with Crippen molar-refractivity contribution in [1.82, 2.24) is 14.6 Å². The van der Waals surface area contributed by atoms with E-state index in [2.05, 4.69) is 15.0 Å². The predicted molar refractivity (Wildman–Crippen MR) is 81.4 cm³/mol. The van der Waals surface area contributed by atoms with Crippen molar-refractivity contribution in [2.45, 2.75) is 31.2 Å². The Kier molecular flexibility index (Phi) is 6.38. The van der Waals surface area contributed by atoms with Crippen LogP contribution in [0.2, 0.25) is 0 Å². The summed E-state index contributed by atoms with van der Waals surface area (Å²) >= 11 is 0. The average Bonchev–Trinajstić information content (AvgIpc) is 2.37. The first-order valence-corrected chi connectivity index (χ1v) is 8.20. The average molecular weight is 300 g/mol. The van der Waals surface area contributed by atoms with Gasteiger partial charge in [0.15, 0.2) is 0 Å². The number of nitrogens with one attached hydrogen (secondary N) is 2. The van der Waals surface area contributed by atoms with Gasteiger partial charge in [-0.3, -0.25) is 0 Å². The second kappa shape index (κ2) is 7.56. The zero-order valence-electron chi connectivity index (χ0n) is 12.5. The molecule has 0 saturated heterocycles. The van der Waals surface area contributed by atoms with Gasteiger partial charge in [0.05, 0.1) is 4.90 Å². The molecule has 7 heteroatoms. The van der Waals surface area contributed by atoms with Crippen LogP contribution in [0.25, 0.3) is 0 Å². The molecule has 1 aromatic rings. The van der Waals surface area contributed by atoms with E-state index < -0.39 is 10.0 Å². The van der Waals surface area contributed by atoms with E-state index in [1.54, 1.807) is 6.07 Å². The van der Waals surface area contributed by atoms with Gasteiger partial charge in [0.25, 0.3) is 0 Å². The molecule has 2 N–H and O–H groups in total. The van der Waals surface area contributed by atoms with E-state index in [9.17, 15) is 8.42 Å². The maximum atomic E-state index is 12.3. The van der Waals surface area contributed by atoms with Crippen LogP contribution in [0.15, 0.2) is 23.2 Å². The number of anilines is 1. The Labute approximate surface area is 121 Å². The van der Waals surface area contributed by atoms with Gasteiger partial charge in [-0.1, -0.05) is 0 Å². The van der Waals surface area contributed by atoms with Gasteiger partial charge >= 0.3 is 0 Å². The third-order valence-electron chi connectivity index (χ3n) is 2.77. The lowest BCUT2D eigenvalue weighted by Crippen LogP contribution is -2.34. The number of hydrogen-bond donors (Lipinski definition) is 2. The van der Waals surface area contributed by atoms with Crippen LogP contribution in [0.1, 0.15) is 20.3 Å². The smallest absolute Gasteiger partial charge is 0.240 e. The highest BCUT2D eigenvalue weighted by Crippen LogP contribution is 2.13. The molecular formula is C13H24N4O2S. The van der Waals surface area contributed by atoms with Crippen molar-refractivity contribution in [3.05, 3.63) is 18.3 Å². The first-order valence-electron chi connectivity index (χ1n) is 6.72. The van der Waals surface area contributed by atoms with Crippen LogP contribution in [0, 0.1) is 0 Å². The minimum absolute atomic E-state index is 0.113. The van der Waals surface area contributed by atoms with Crippen molar-refractivity contribution in [3.8, 4) is 0 Å². The summed E-state index contributed by atoms with van der Waals surface area (Å²) in [6.07, 6.45) is 2.26.